The number of carboxylic acid groups (broad SMARTS) is 1. The van der Waals surface area contributed by atoms with Crippen molar-refractivity contribution in [3.8, 4) is 0 Å². The SMILES string of the molecule is O=C(O)CCCc1nnc(Cc2cccs2)o1. The van der Waals surface area contributed by atoms with Crippen LogP contribution in [0, 0.1) is 0 Å². The summed E-state index contributed by atoms with van der Waals surface area (Å²) in [6, 6.07) is 3.99. The molecule has 90 valence electrons. The maximum atomic E-state index is 10.3. The molecule has 6 heteroatoms. The summed E-state index contributed by atoms with van der Waals surface area (Å²) in [5, 5.41) is 18.3. The third-order valence-electron chi connectivity index (χ3n) is 2.20. The van der Waals surface area contributed by atoms with Crippen LogP contribution in [0.3, 0.4) is 0 Å². The minimum absolute atomic E-state index is 0.128. The van der Waals surface area contributed by atoms with Crippen LogP contribution >= 0.6 is 11.3 Å². The number of aliphatic carboxylic acids is 1. The zero-order chi connectivity index (χ0) is 12.1. The molecular formula is C11H12N2O3S. The number of hydrogen-bond donors (Lipinski definition) is 1. The van der Waals surface area contributed by atoms with Crippen molar-refractivity contribution in [2.24, 2.45) is 0 Å². The fourth-order valence-corrected chi connectivity index (χ4v) is 2.11. The molecule has 0 aliphatic heterocycles. The average molecular weight is 252 g/mol. The third-order valence-corrected chi connectivity index (χ3v) is 3.07. The van der Waals surface area contributed by atoms with Crippen LogP contribution in [0.5, 0.6) is 0 Å². The lowest BCUT2D eigenvalue weighted by Gasteiger charge is -1.92. The summed E-state index contributed by atoms with van der Waals surface area (Å²) in [4.78, 5) is 11.5. The van der Waals surface area contributed by atoms with E-state index in [2.05, 4.69) is 10.2 Å². The third kappa shape index (κ3) is 3.67. The fraction of sp³-hybridized carbons (Fsp3) is 0.364. The molecule has 0 bridgehead atoms. The van der Waals surface area contributed by atoms with Crippen LogP contribution in [-0.2, 0) is 17.6 Å². The maximum absolute atomic E-state index is 10.3. The molecular weight excluding hydrogens is 240 g/mol. The van der Waals surface area contributed by atoms with Crippen molar-refractivity contribution in [1.82, 2.24) is 10.2 Å². The lowest BCUT2D eigenvalue weighted by atomic mass is 10.2. The monoisotopic (exact) mass is 252 g/mol. The van der Waals surface area contributed by atoms with Gasteiger partial charge in [0.15, 0.2) is 0 Å². The maximum Gasteiger partial charge on any atom is 0.303 e. The predicted molar refractivity (Wildman–Crippen MR) is 62.0 cm³/mol. The van der Waals surface area contributed by atoms with Crippen molar-refractivity contribution in [2.75, 3.05) is 0 Å². The highest BCUT2D eigenvalue weighted by molar-refractivity contribution is 7.09. The molecule has 2 aromatic rings. The van der Waals surface area contributed by atoms with Crippen LogP contribution in [0.4, 0.5) is 0 Å². The molecule has 0 spiro atoms. The summed E-state index contributed by atoms with van der Waals surface area (Å²) in [7, 11) is 0. The molecule has 2 rings (SSSR count). The van der Waals surface area contributed by atoms with Crippen molar-refractivity contribution in [2.45, 2.75) is 25.7 Å². The fourth-order valence-electron chi connectivity index (χ4n) is 1.41. The summed E-state index contributed by atoms with van der Waals surface area (Å²) < 4.78 is 5.43. The molecule has 1 N–H and O–H groups in total. The summed E-state index contributed by atoms with van der Waals surface area (Å²) in [5.41, 5.74) is 0. The first-order valence-corrected chi connectivity index (χ1v) is 6.17. The van der Waals surface area contributed by atoms with Crippen LogP contribution in [0.1, 0.15) is 29.5 Å². The van der Waals surface area contributed by atoms with E-state index >= 15 is 0 Å². The van der Waals surface area contributed by atoms with E-state index in [9.17, 15) is 4.79 Å². The van der Waals surface area contributed by atoms with Crippen LogP contribution in [-0.4, -0.2) is 21.3 Å². The molecule has 0 saturated heterocycles. The first-order chi connectivity index (χ1) is 8.24. The van der Waals surface area contributed by atoms with Crippen molar-refractivity contribution in [3.05, 3.63) is 34.2 Å². The molecule has 0 radical (unpaired) electrons. The van der Waals surface area contributed by atoms with Crippen molar-refractivity contribution >= 4 is 17.3 Å². The Morgan fingerprint density at radius 2 is 2.24 bits per heavy atom. The Kier molecular flexibility index (Phi) is 3.87. The van der Waals surface area contributed by atoms with Gasteiger partial charge in [-0.1, -0.05) is 6.07 Å². The van der Waals surface area contributed by atoms with Crippen molar-refractivity contribution < 1.29 is 14.3 Å². The molecule has 2 heterocycles. The van der Waals surface area contributed by atoms with E-state index in [0.29, 0.717) is 31.0 Å². The largest absolute Gasteiger partial charge is 0.481 e. The molecule has 0 aliphatic carbocycles. The lowest BCUT2D eigenvalue weighted by Crippen LogP contribution is -1.95. The van der Waals surface area contributed by atoms with E-state index in [1.54, 1.807) is 11.3 Å². The zero-order valence-corrected chi connectivity index (χ0v) is 9.94. The summed E-state index contributed by atoms with van der Waals surface area (Å²) in [6.45, 7) is 0. The Morgan fingerprint density at radius 3 is 2.94 bits per heavy atom. The Balaban J connectivity index is 1.85. The second-order valence-electron chi connectivity index (χ2n) is 3.59. The first-order valence-electron chi connectivity index (χ1n) is 5.29. The van der Waals surface area contributed by atoms with Gasteiger partial charge in [-0.3, -0.25) is 4.79 Å². The van der Waals surface area contributed by atoms with Crippen molar-refractivity contribution in [1.29, 1.82) is 0 Å². The summed E-state index contributed by atoms with van der Waals surface area (Å²) in [5.74, 6) is 0.291. The second-order valence-corrected chi connectivity index (χ2v) is 4.63. The van der Waals surface area contributed by atoms with E-state index in [1.807, 2.05) is 17.5 Å². The minimum Gasteiger partial charge on any atom is -0.481 e. The Labute approximate surface area is 102 Å². The molecule has 0 unspecified atom stereocenters. The molecule has 17 heavy (non-hydrogen) atoms. The number of thiophene rings is 1. The number of aromatic nitrogens is 2. The van der Waals surface area contributed by atoms with Gasteiger partial charge >= 0.3 is 5.97 Å². The highest BCUT2D eigenvalue weighted by Gasteiger charge is 2.08. The molecule has 0 amide bonds. The normalized spacial score (nSPS) is 10.6. The van der Waals surface area contributed by atoms with E-state index in [4.69, 9.17) is 9.52 Å². The average Bonchev–Trinajstić information content (AvgIpc) is 2.90. The van der Waals surface area contributed by atoms with Crippen LogP contribution in [0.15, 0.2) is 21.9 Å². The molecule has 0 fully saturated rings. The van der Waals surface area contributed by atoms with Gasteiger partial charge in [-0.25, -0.2) is 0 Å². The Hall–Kier alpha value is -1.69. The number of nitrogens with zero attached hydrogens (tertiary/aromatic N) is 2. The Bertz CT molecular complexity index is 479. The first kappa shape index (κ1) is 11.8. The van der Waals surface area contributed by atoms with Crippen molar-refractivity contribution in [3.63, 3.8) is 0 Å². The zero-order valence-electron chi connectivity index (χ0n) is 9.13. The number of carbonyl (C=O) groups is 1. The van der Waals surface area contributed by atoms with Crippen LogP contribution in [0.25, 0.3) is 0 Å². The van der Waals surface area contributed by atoms with Gasteiger partial charge in [-0.15, -0.1) is 21.5 Å². The van der Waals surface area contributed by atoms with Gasteiger partial charge in [0.1, 0.15) is 0 Å². The van der Waals surface area contributed by atoms with Crippen LogP contribution < -0.4 is 0 Å². The lowest BCUT2D eigenvalue weighted by molar-refractivity contribution is -0.137. The highest BCUT2D eigenvalue weighted by atomic mass is 32.1. The van der Waals surface area contributed by atoms with Gasteiger partial charge in [0.25, 0.3) is 0 Å². The van der Waals surface area contributed by atoms with E-state index in [-0.39, 0.29) is 6.42 Å². The summed E-state index contributed by atoms with van der Waals surface area (Å²) >= 11 is 1.64. The number of hydrogen-bond acceptors (Lipinski definition) is 5. The number of rotatable bonds is 6. The Morgan fingerprint density at radius 1 is 1.41 bits per heavy atom. The van der Waals surface area contributed by atoms with Gasteiger partial charge in [-0.05, 0) is 17.9 Å². The second kappa shape index (κ2) is 5.58. The van der Waals surface area contributed by atoms with Gasteiger partial charge in [0.05, 0.1) is 6.42 Å². The number of carboxylic acids is 1. The van der Waals surface area contributed by atoms with Gasteiger partial charge < -0.3 is 9.52 Å². The smallest absolute Gasteiger partial charge is 0.303 e. The molecule has 0 saturated carbocycles. The molecule has 0 aromatic carbocycles. The molecule has 5 nitrogen and oxygen atoms in total. The topological polar surface area (TPSA) is 76.2 Å². The van der Waals surface area contributed by atoms with E-state index < -0.39 is 5.97 Å². The molecule has 0 atom stereocenters. The van der Waals surface area contributed by atoms with E-state index in [0.717, 1.165) is 0 Å². The highest BCUT2D eigenvalue weighted by Crippen LogP contribution is 2.14. The minimum atomic E-state index is -0.802. The number of aryl methyl sites for hydroxylation is 1. The molecule has 0 aliphatic rings. The quantitative estimate of drug-likeness (QED) is 0.852. The summed E-state index contributed by atoms with van der Waals surface area (Å²) in [6.07, 6.45) is 1.81. The van der Waals surface area contributed by atoms with Gasteiger partial charge in [-0.2, -0.15) is 0 Å². The van der Waals surface area contributed by atoms with Crippen LogP contribution in [0.2, 0.25) is 0 Å². The van der Waals surface area contributed by atoms with Gasteiger partial charge in [0.2, 0.25) is 11.8 Å². The standard InChI is InChI=1S/C11H12N2O3S/c14-11(15)5-1-4-9-12-13-10(16-9)7-8-3-2-6-17-8/h2-3,6H,1,4-5,7H2,(H,14,15). The predicted octanol–water partition coefficient (Wildman–Crippen LogP) is 2.13. The molecule has 2 aromatic heterocycles. The van der Waals surface area contributed by atoms with Gasteiger partial charge in [0, 0.05) is 17.7 Å². The van der Waals surface area contributed by atoms with E-state index in [1.165, 1.54) is 4.88 Å².